The molecule has 0 bridgehead atoms. The zero-order valence-electron chi connectivity index (χ0n) is 11.4. The van der Waals surface area contributed by atoms with Gasteiger partial charge in [-0.2, -0.15) is 5.10 Å². The maximum absolute atomic E-state index is 12.3. The van der Waals surface area contributed by atoms with E-state index in [1.807, 2.05) is 24.3 Å². The van der Waals surface area contributed by atoms with Crippen LogP contribution in [-0.2, 0) is 0 Å². The van der Waals surface area contributed by atoms with Gasteiger partial charge < -0.3 is 15.5 Å². The number of rotatable bonds is 2. The molecule has 21 heavy (non-hydrogen) atoms. The number of H-pyrrole nitrogens is 1. The zero-order valence-corrected chi connectivity index (χ0v) is 12.2. The van der Waals surface area contributed by atoms with Gasteiger partial charge >= 0.3 is 0 Å². The lowest BCUT2D eigenvalue weighted by molar-refractivity contribution is 0.0748. The van der Waals surface area contributed by atoms with Crippen molar-refractivity contribution in [1.29, 1.82) is 0 Å². The van der Waals surface area contributed by atoms with Gasteiger partial charge in [-0.25, -0.2) is 0 Å². The number of nitrogen functional groups attached to an aromatic ring is 1. The summed E-state index contributed by atoms with van der Waals surface area (Å²) in [5.41, 5.74) is 7.25. The number of nitrogens with one attached hydrogen (secondary N) is 1. The molecule has 0 unspecified atom stereocenters. The minimum Gasteiger partial charge on any atom is -0.383 e. The van der Waals surface area contributed by atoms with Crippen LogP contribution in [0.15, 0.2) is 30.5 Å². The average Bonchev–Trinajstić information content (AvgIpc) is 2.94. The van der Waals surface area contributed by atoms with Crippen molar-refractivity contribution in [3.63, 3.8) is 0 Å². The number of carbonyl (C=O) groups is 1. The van der Waals surface area contributed by atoms with Crippen LogP contribution in [0.2, 0.25) is 5.02 Å². The summed E-state index contributed by atoms with van der Waals surface area (Å²) in [7, 11) is 0. The highest BCUT2D eigenvalue weighted by Gasteiger charge is 2.24. The van der Waals surface area contributed by atoms with E-state index in [2.05, 4.69) is 15.1 Å². The number of benzene rings is 1. The quantitative estimate of drug-likeness (QED) is 0.883. The van der Waals surface area contributed by atoms with Gasteiger partial charge in [-0.05, 0) is 24.3 Å². The Kier molecular flexibility index (Phi) is 3.70. The standard InChI is InChI=1S/C14H16ClN5O/c15-10-1-3-11(4-2-10)19-5-7-20(8-6-19)14(21)12-9-17-18-13(12)16/h1-4,9H,5-8H2,(H3,16,17,18). The third-order valence-corrected chi connectivity index (χ3v) is 3.91. The molecule has 1 saturated heterocycles. The number of nitrogens with zero attached hydrogens (tertiary/aromatic N) is 3. The lowest BCUT2D eigenvalue weighted by atomic mass is 10.2. The molecule has 6 nitrogen and oxygen atoms in total. The molecular formula is C14H16ClN5O. The fourth-order valence-electron chi connectivity index (χ4n) is 2.46. The number of nitrogens with two attached hydrogens (primary N) is 1. The van der Waals surface area contributed by atoms with Crippen LogP contribution in [0.4, 0.5) is 11.5 Å². The Labute approximate surface area is 127 Å². The van der Waals surface area contributed by atoms with E-state index in [0.29, 0.717) is 24.5 Å². The van der Waals surface area contributed by atoms with Crippen LogP contribution in [-0.4, -0.2) is 47.2 Å². The first-order valence-corrected chi connectivity index (χ1v) is 7.11. The summed E-state index contributed by atoms with van der Waals surface area (Å²) in [5.74, 6) is 0.247. The highest BCUT2D eigenvalue weighted by Crippen LogP contribution is 2.20. The molecule has 110 valence electrons. The number of aromatic nitrogens is 2. The van der Waals surface area contributed by atoms with Crippen LogP contribution >= 0.6 is 11.6 Å². The minimum atomic E-state index is -0.0722. The number of anilines is 2. The Morgan fingerprint density at radius 1 is 1.19 bits per heavy atom. The van der Waals surface area contributed by atoms with Gasteiger partial charge in [0.25, 0.3) is 5.91 Å². The minimum absolute atomic E-state index is 0.0722. The number of aromatic amines is 1. The molecular weight excluding hydrogens is 290 g/mol. The number of hydrogen-bond acceptors (Lipinski definition) is 4. The van der Waals surface area contributed by atoms with Crippen molar-refractivity contribution in [2.75, 3.05) is 36.8 Å². The van der Waals surface area contributed by atoms with E-state index in [4.69, 9.17) is 17.3 Å². The van der Waals surface area contributed by atoms with Crippen molar-refractivity contribution < 1.29 is 4.79 Å². The molecule has 7 heteroatoms. The van der Waals surface area contributed by atoms with Gasteiger partial charge in [-0.15, -0.1) is 0 Å². The molecule has 1 fully saturated rings. The lowest BCUT2D eigenvalue weighted by Crippen LogP contribution is -2.48. The molecule has 3 N–H and O–H groups in total. The fraction of sp³-hybridized carbons (Fsp3) is 0.286. The summed E-state index contributed by atoms with van der Waals surface area (Å²) in [4.78, 5) is 16.4. The highest BCUT2D eigenvalue weighted by atomic mass is 35.5. The first-order valence-electron chi connectivity index (χ1n) is 6.74. The van der Waals surface area contributed by atoms with E-state index >= 15 is 0 Å². The van der Waals surface area contributed by atoms with E-state index in [9.17, 15) is 4.79 Å². The summed E-state index contributed by atoms with van der Waals surface area (Å²) >= 11 is 5.90. The maximum Gasteiger partial charge on any atom is 0.259 e. The molecule has 0 spiro atoms. The second-order valence-electron chi connectivity index (χ2n) is 4.95. The largest absolute Gasteiger partial charge is 0.383 e. The van der Waals surface area contributed by atoms with Gasteiger partial charge in [0.05, 0.1) is 6.20 Å². The molecule has 3 rings (SSSR count). The highest BCUT2D eigenvalue weighted by molar-refractivity contribution is 6.30. The third kappa shape index (κ3) is 2.80. The van der Waals surface area contributed by atoms with E-state index in [-0.39, 0.29) is 5.91 Å². The summed E-state index contributed by atoms with van der Waals surface area (Å²) in [6, 6.07) is 7.74. The normalized spacial score (nSPS) is 15.3. The number of hydrogen-bond donors (Lipinski definition) is 2. The van der Waals surface area contributed by atoms with Gasteiger partial charge in [0.1, 0.15) is 11.4 Å². The molecule has 2 aromatic rings. The van der Waals surface area contributed by atoms with Gasteiger partial charge in [-0.3, -0.25) is 9.89 Å². The Morgan fingerprint density at radius 3 is 2.43 bits per heavy atom. The van der Waals surface area contributed by atoms with Crippen LogP contribution in [0.1, 0.15) is 10.4 Å². The average molecular weight is 306 g/mol. The van der Waals surface area contributed by atoms with Gasteiger partial charge in [0.2, 0.25) is 0 Å². The predicted octanol–water partition coefficient (Wildman–Crippen LogP) is 1.61. The van der Waals surface area contributed by atoms with Crippen molar-refractivity contribution in [3.05, 3.63) is 41.0 Å². The Morgan fingerprint density at radius 2 is 1.86 bits per heavy atom. The Balaban J connectivity index is 1.64. The van der Waals surface area contributed by atoms with E-state index < -0.39 is 0 Å². The smallest absolute Gasteiger partial charge is 0.259 e. The molecule has 0 saturated carbocycles. The number of carbonyl (C=O) groups excluding carboxylic acids is 1. The Hall–Kier alpha value is -2.21. The lowest BCUT2D eigenvalue weighted by Gasteiger charge is -2.36. The van der Waals surface area contributed by atoms with Crippen LogP contribution in [0, 0.1) is 0 Å². The van der Waals surface area contributed by atoms with Crippen molar-refractivity contribution >= 4 is 29.0 Å². The fourth-order valence-corrected chi connectivity index (χ4v) is 2.58. The van der Waals surface area contributed by atoms with E-state index in [0.717, 1.165) is 23.8 Å². The number of halogens is 1. The molecule has 1 aliphatic heterocycles. The monoisotopic (exact) mass is 305 g/mol. The van der Waals surface area contributed by atoms with Gasteiger partial charge in [-0.1, -0.05) is 11.6 Å². The van der Waals surface area contributed by atoms with Crippen molar-refractivity contribution in [2.24, 2.45) is 0 Å². The van der Waals surface area contributed by atoms with Crippen molar-refractivity contribution in [3.8, 4) is 0 Å². The molecule has 1 aliphatic rings. The van der Waals surface area contributed by atoms with Gasteiger partial charge in [0, 0.05) is 36.9 Å². The molecule has 2 heterocycles. The van der Waals surface area contributed by atoms with Crippen molar-refractivity contribution in [1.82, 2.24) is 15.1 Å². The second-order valence-corrected chi connectivity index (χ2v) is 5.39. The maximum atomic E-state index is 12.3. The van der Waals surface area contributed by atoms with Crippen LogP contribution in [0.3, 0.4) is 0 Å². The van der Waals surface area contributed by atoms with E-state index in [1.165, 1.54) is 6.20 Å². The molecule has 1 amide bonds. The van der Waals surface area contributed by atoms with Crippen LogP contribution in [0.5, 0.6) is 0 Å². The summed E-state index contributed by atoms with van der Waals surface area (Å²) < 4.78 is 0. The van der Waals surface area contributed by atoms with Crippen LogP contribution in [0.25, 0.3) is 0 Å². The van der Waals surface area contributed by atoms with Crippen LogP contribution < -0.4 is 10.6 Å². The zero-order chi connectivity index (χ0) is 14.8. The molecule has 0 aliphatic carbocycles. The number of piperazine rings is 1. The van der Waals surface area contributed by atoms with Crippen molar-refractivity contribution in [2.45, 2.75) is 0 Å². The Bertz CT molecular complexity index is 631. The molecule has 1 aromatic heterocycles. The summed E-state index contributed by atoms with van der Waals surface area (Å²) in [5, 5.41) is 7.10. The molecule has 0 radical (unpaired) electrons. The summed E-state index contributed by atoms with van der Waals surface area (Å²) in [6.07, 6.45) is 1.48. The third-order valence-electron chi connectivity index (χ3n) is 3.66. The second kappa shape index (κ2) is 5.65. The predicted molar refractivity (Wildman–Crippen MR) is 82.6 cm³/mol. The summed E-state index contributed by atoms with van der Waals surface area (Å²) in [6.45, 7) is 2.88. The SMILES string of the molecule is Nc1[nH]ncc1C(=O)N1CCN(c2ccc(Cl)cc2)CC1. The van der Waals surface area contributed by atoms with E-state index in [1.54, 1.807) is 4.90 Å². The number of amides is 1. The molecule has 1 aromatic carbocycles. The van der Waals surface area contributed by atoms with Gasteiger partial charge in [0.15, 0.2) is 0 Å². The topological polar surface area (TPSA) is 78.2 Å². The first-order chi connectivity index (χ1) is 10.1. The first kappa shape index (κ1) is 13.8. The molecule has 0 atom stereocenters.